The lowest BCUT2D eigenvalue weighted by atomic mass is 10.0. The maximum Gasteiger partial charge on any atom is 0.311 e. The minimum atomic E-state index is -0.302. The summed E-state index contributed by atoms with van der Waals surface area (Å²) in [5.74, 6) is -0.486. The summed E-state index contributed by atoms with van der Waals surface area (Å²) in [6, 6.07) is 9.68. The second-order valence-electron chi connectivity index (χ2n) is 6.43. The predicted molar refractivity (Wildman–Crippen MR) is 88.8 cm³/mol. The van der Waals surface area contributed by atoms with Gasteiger partial charge < -0.3 is 14.6 Å². The maximum absolute atomic E-state index is 12.2. The molecule has 0 bridgehead atoms. The van der Waals surface area contributed by atoms with Crippen molar-refractivity contribution >= 4 is 5.97 Å². The molecule has 1 heterocycles. The second kappa shape index (κ2) is 9.04. The Labute approximate surface area is 138 Å². The number of benzene rings is 1. The van der Waals surface area contributed by atoms with Crippen LogP contribution < -0.4 is 0 Å². The van der Waals surface area contributed by atoms with Crippen LogP contribution in [0.25, 0.3) is 0 Å². The topological polar surface area (TPSA) is 55.8 Å². The van der Waals surface area contributed by atoms with Crippen molar-refractivity contribution in [3.63, 3.8) is 0 Å². The van der Waals surface area contributed by atoms with Crippen molar-refractivity contribution in [2.24, 2.45) is 5.92 Å². The largest absolute Gasteiger partial charge is 0.461 e. The number of aliphatic hydroxyl groups excluding tert-OH is 1. The number of carbonyl (C=O) groups excluding carboxylic acids is 1. The van der Waals surface area contributed by atoms with E-state index in [0.717, 1.165) is 31.2 Å². The minimum absolute atomic E-state index is 0.0610. The molecule has 4 heteroatoms. The monoisotopic (exact) mass is 320 g/mol. The lowest BCUT2D eigenvalue weighted by Crippen LogP contribution is -2.28. The van der Waals surface area contributed by atoms with Gasteiger partial charge in [-0.25, -0.2) is 0 Å². The number of rotatable bonds is 8. The van der Waals surface area contributed by atoms with E-state index in [1.54, 1.807) is 0 Å². The van der Waals surface area contributed by atoms with Gasteiger partial charge >= 0.3 is 5.97 Å². The summed E-state index contributed by atoms with van der Waals surface area (Å²) >= 11 is 0. The Morgan fingerprint density at radius 2 is 2.09 bits per heavy atom. The highest BCUT2D eigenvalue weighted by Gasteiger charge is 2.34. The van der Waals surface area contributed by atoms with E-state index in [-0.39, 0.29) is 30.2 Å². The maximum atomic E-state index is 12.2. The Kier molecular flexibility index (Phi) is 7.06. The molecule has 0 unspecified atom stereocenters. The molecule has 23 heavy (non-hydrogen) atoms. The molecule has 1 fully saturated rings. The van der Waals surface area contributed by atoms with Crippen LogP contribution in [0.5, 0.6) is 0 Å². The van der Waals surface area contributed by atoms with Crippen LogP contribution in [0.1, 0.15) is 51.5 Å². The van der Waals surface area contributed by atoms with E-state index in [1.165, 1.54) is 0 Å². The van der Waals surface area contributed by atoms with Gasteiger partial charge in [0.2, 0.25) is 0 Å². The van der Waals surface area contributed by atoms with Gasteiger partial charge in [-0.05, 0) is 38.2 Å². The first kappa shape index (κ1) is 18.0. The van der Waals surface area contributed by atoms with Crippen LogP contribution in [0.15, 0.2) is 30.3 Å². The van der Waals surface area contributed by atoms with E-state index in [1.807, 2.05) is 37.3 Å². The highest BCUT2D eigenvalue weighted by Crippen LogP contribution is 2.29. The Balaban J connectivity index is 1.75. The van der Waals surface area contributed by atoms with Gasteiger partial charge in [0.15, 0.2) is 0 Å². The zero-order valence-electron chi connectivity index (χ0n) is 14.1. The molecular formula is C19H28O4. The molecule has 0 radical (unpaired) electrons. The molecule has 2 rings (SSSR count). The first-order valence-electron chi connectivity index (χ1n) is 8.64. The Hall–Kier alpha value is -1.39. The smallest absolute Gasteiger partial charge is 0.311 e. The molecule has 0 spiro atoms. The first-order valence-corrected chi connectivity index (χ1v) is 8.64. The molecule has 0 amide bonds. The van der Waals surface area contributed by atoms with E-state index >= 15 is 0 Å². The summed E-state index contributed by atoms with van der Waals surface area (Å²) in [5.41, 5.74) is 0.987. The Morgan fingerprint density at radius 1 is 1.35 bits per heavy atom. The highest BCUT2D eigenvalue weighted by molar-refractivity contribution is 5.72. The summed E-state index contributed by atoms with van der Waals surface area (Å²) in [5, 5.41) is 9.88. The fourth-order valence-corrected chi connectivity index (χ4v) is 3.04. The van der Waals surface area contributed by atoms with E-state index < -0.39 is 0 Å². The van der Waals surface area contributed by atoms with Gasteiger partial charge in [0.1, 0.15) is 6.61 Å². The fraction of sp³-hybridized carbons (Fsp3) is 0.632. The number of esters is 1. The molecule has 1 aliphatic rings. The van der Waals surface area contributed by atoms with Crippen molar-refractivity contribution in [2.75, 3.05) is 0 Å². The van der Waals surface area contributed by atoms with Crippen LogP contribution in [0.4, 0.5) is 0 Å². The van der Waals surface area contributed by atoms with Crippen molar-refractivity contribution < 1.29 is 19.4 Å². The van der Waals surface area contributed by atoms with Gasteiger partial charge in [0.05, 0.1) is 24.2 Å². The minimum Gasteiger partial charge on any atom is -0.461 e. The SMILES string of the molecule is CCC[C@H](O)C[C@@H]1CC[C@H]([C@H](C)C(=O)OCc2ccccc2)O1. The average Bonchev–Trinajstić information content (AvgIpc) is 3.01. The number of hydrogen-bond donors (Lipinski definition) is 1. The third-order valence-electron chi connectivity index (χ3n) is 4.45. The van der Waals surface area contributed by atoms with Crippen LogP contribution in [-0.4, -0.2) is 29.4 Å². The molecule has 1 aromatic carbocycles. The second-order valence-corrected chi connectivity index (χ2v) is 6.43. The fourth-order valence-electron chi connectivity index (χ4n) is 3.04. The molecule has 1 N–H and O–H groups in total. The molecule has 1 saturated heterocycles. The standard InChI is InChI=1S/C19H28O4/c1-3-7-16(20)12-17-10-11-18(23-17)14(2)19(21)22-13-15-8-5-4-6-9-15/h4-6,8-9,14,16-18,20H,3,7,10-13H2,1-2H3/t14-,16-,17-,18+/m0/s1. The number of hydrogen-bond acceptors (Lipinski definition) is 4. The van der Waals surface area contributed by atoms with Gasteiger partial charge in [-0.1, -0.05) is 43.7 Å². The van der Waals surface area contributed by atoms with Crippen LogP contribution >= 0.6 is 0 Å². The van der Waals surface area contributed by atoms with Gasteiger partial charge in [-0.15, -0.1) is 0 Å². The van der Waals surface area contributed by atoms with Gasteiger partial charge in [0.25, 0.3) is 0 Å². The number of ether oxygens (including phenoxy) is 2. The summed E-state index contributed by atoms with van der Waals surface area (Å²) in [4.78, 5) is 12.2. The van der Waals surface area contributed by atoms with E-state index in [4.69, 9.17) is 9.47 Å². The van der Waals surface area contributed by atoms with Crippen LogP contribution in [0, 0.1) is 5.92 Å². The molecule has 0 aliphatic carbocycles. The van der Waals surface area contributed by atoms with Crippen LogP contribution in [0.2, 0.25) is 0 Å². The molecule has 128 valence electrons. The summed E-state index contributed by atoms with van der Waals surface area (Å²) in [7, 11) is 0. The van der Waals surface area contributed by atoms with Crippen LogP contribution in [0.3, 0.4) is 0 Å². The number of aliphatic hydroxyl groups is 1. The van der Waals surface area contributed by atoms with E-state index in [9.17, 15) is 9.90 Å². The summed E-state index contributed by atoms with van der Waals surface area (Å²) in [6.07, 6.45) is 3.86. The van der Waals surface area contributed by atoms with Crippen LogP contribution in [-0.2, 0) is 20.9 Å². The lowest BCUT2D eigenvalue weighted by molar-refractivity contribution is -0.154. The average molecular weight is 320 g/mol. The van der Waals surface area contributed by atoms with Crippen molar-refractivity contribution in [3.8, 4) is 0 Å². The van der Waals surface area contributed by atoms with Gasteiger partial charge in [-0.3, -0.25) is 4.79 Å². The lowest BCUT2D eigenvalue weighted by Gasteiger charge is -2.20. The van der Waals surface area contributed by atoms with E-state index in [0.29, 0.717) is 13.0 Å². The third kappa shape index (κ3) is 5.63. The zero-order chi connectivity index (χ0) is 16.7. The molecule has 0 aromatic heterocycles. The quantitative estimate of drug-likeness (QED) is 0.745. The van der Waals surface area contributed by atoms with Crippen molar-refractivity contribution in [1.82, 2.24) is 0 Å². The number of carbonyl (C=O) groups is 1. The molecule has 0 saturated carbocycles. The Morgan fingerprint density at radius 3 is 2.78 bits per heavy atom. The first-order chi connectivity index (χ1) is 11.1. The van der Waals surface area contributed by atoms with E-state index in [2.05, 4.69) is 6.92 Å². The van der Waals surface area contributed by atoms with Gasteiger partial charge in [0, 0.05) is 0 Å². The Bertz CT molecular complexity index is 474. The molecule has 4 nitrogen and oxygen atoms in total. The molecular weight excluding hydrogens is 292 g/mol. The molecule has 4 atom stereocenters. The normalized spacial score (nSPS) is 23.4. The zero-order valence-corrected chi connectivity index (χ0v) is 14.1. The van der Waals surface area contributed by atoms with Crippen molar-refractivity contribution in [1.29, 1.82) is 0 Å². The molecule has 1 aromatic rings. The van der Waals surface area contributed by atoms with Crippen molar-refractivity contribution in [2.45, 2.75) is 70.9 Å². The predicted octanol–water partition coefficient (Wildman–Crippen LogP) is 3.46. The van der Waals surface area contributed by atoms with Crippen molar-refractivity contribution in [3.05, 3.63) is 35.9 Å². The third-order valence-corrected chi connectivity index (χ3v) is 4.45. The highest BCUT2D eigenvalue weighted by atomic mass is 16.5. The molecule has 1 aliphatic heterocycles. The van der Waals surface area contributed by atoms with Gasteiger partial charge in [-0.2, -0.15) is 0 Å². The summed E-state index contributed by atoms with van der Waals surface area (Å²) in [6.45, 7) is 4.23. The summed E-state index contributed by atoms with van der Waals surface area (Å²) < 4.78 is 11.3.